The molecule has 106 valence electrons. The lowest BCUT2D eigenvalue weighted by atomic mass is 9.87. The van der Waals surface area contributed by atoms with Crippen LogP contribution in [-0.4, -0.2) is 6.61 Å². The van der Waals surface area contributed by atoms with E-state index < -0.39 is 0 Å². The van der Waals surface area contributed by atoms with Gasteiger partial charge in [-0.3, -0.25) is 11.3 Å². The molecule has 3 N–H and O–H groups in total. The van der Waals surface area contributed by atoms with E-state index in [4.69, 9.17) is 10.6 Å². The largest absolute Gasteiger partial charge is 0.494 e. The molecule has 0 aromatic heterocycles. The van der Waals surface area contributed by atoms with Crippen LogP contribution in [-0.2, 0) is 0 Å². The van der Waals surface area contributed by atoms with Gasteiger partial charge in [0.05, 0.1) is 12.6 Å². The highest BCUT2D eigenvalue weighted by atomic mass is 16.5. The summed E-state index contributed by atoms with van der Waals surface area (Å²) in [6.07, 6.45) is 7.88. The molecule has 1 aliphatic rings. The highest BCUT2D eigenvalue weighted by Gasteiger charge is 2.25. The molecule has 1 aliphatic carbocycles. The van der Waals surface area contributed by atoms with E-state index in [2.05, 4.69) is 17.6 Å². The van der Waals surface area contributed by atoms with E-state index in [0.29, 0.717) is 12.5 Å². The molecule has 3 nitrogen and oxygen atoms in total. The molecule has 2 rings (SSSR count). The first-order valence-electron chi connectivity index (χ1n) is 7.54. The Hall–Kier alpha value is -1.06. The Morgan fingerprint density at radius 3 is 2.53 bits per heavy atom. The van der Waals surface area contributed by atoms with E-state index in [1.165, 1.54) is 44.1 Å². The normalized spacial score (nSPS) is 18.8. The molecule has 0 spiro atoms. The lowest BCUT2D eigenvalue weighted by molar-refractivity contribution is 0.299. The number of hydrazine groups is 1. The van der Waals surface area contributed by atoms with Gasteiger partial charge < -0.3 is 4.74 Å². The third-order valence-corrected chi connectivity index (χ3v) is 4.10. The zero-order valence-electron chi connectivity index (χ0n) is 11.9. The Bertz CT molecular complexity index is 373. The van der Waals surface area contributed by atoms with E-state index in [0.717, 1.165) is 5.75 Å². The van der Waals surface area contributed by atoms with Crippen molar-refractivity contribution in [1.82, 2.24) is 5.43 Å². The summed E-state index contributed by atoms with van der Waals surface area (Å²) in [7, 11) is 0. The van der Waals surface area contributed by atoms with Gasteiger partial charge in [0, 0.05) is 5.56 Å². The molecule has 1 saturated carbocycles. The second-order valence-electron chi connectivity index (χ2n) is 5.37. The molecule has 3 heteroatoms. The number of benzene rings is 1. The first-order valence-corrected chi connectivity index (χ1v) is 7.54. The van der Waals surface area contributed by atoms with Crippen LogP contribution in [0.5, 0.6) is 5.75 Å². The minimum absolute atomic E-state index is 0.209. The molecule has 1 fully saturated rings. The fourth-order valence-corrected chi connectivity index (χ4v) is 3.15. The smallest absolute Gasteiger partial charge is 0.124 e. The van der Waals surface area contributed by atoms with Crippen LogP contribution in [0.4, 0.5) is 0 Å². The van der Waals surface area contributed by atoms with Crippen LogP contribution < -0.4 is 16.0 Å². The monoisotopic (exact) mass is 262 g/mol. The zero-order valence-corrected chi connectivity index (χ0v) is 11.9. The summed E-state index contributed by atoms with van der Waals surface area (Å²) in [6, 6.07) is 8.48. The first-order chi connectivity index (χ1) is 9.36. The molecule has 0 aliphatic heterocycles. The predicted molar refractivity (Wildman–Crippen MR) is 78.9 cm³/mol. The Labute approximate surface area is 116 Å². The Balaban J connectivity index is 2.20. The van der Waals surface area contributed by atoms with Crippen LogP contribution in [0.15, 0.2) is 24.3 Å². The molecule has 1 atom stereocenters. The van der Waals surface area contributed by atoms with Gasteiger partial charge in [-0.15, -0.1) is 0 Å². The van der Waals surface area contributed by atoms with Crippen molar-refractivity contribution >= 4 is 0 Å². The molecular weight excluding hydrogens is 236 g/mol. The van der Waals surface area contributed by atoms with E-state index in [1.807, 2.05) is 19.1 Å². The summed E-state index contributed by atoms with van der Waals surface area (Å²) in [5, 5.41) is 0. The predicted octanol–water partition coefficient (Wildman–Crippen LogP) is 3.56. The van der Waals surface area contributed by atoms with Crippen LogP contribution in [0.2, 0.25) is 0 Å². The molecule has 0 bridgehead atoms. The molecule has 0 saturated heterocycles. The van der Waals surface area contributed by atoms with Crippen molar-refractivity contribution in [2.45, 2.75) is 51.5 Å². The number of para-hydroxylation sites is 1. The molecule has 0 radical (unpaired) electrons. The van der Waals surface area contributed by atoms with Crippen molar-refractivity contribution < 1.29 is 4.74 Å². The SMILES string of the molecule is CCOc1ccccc1C(NN)C1CCCCCC1. The van der Waals surface area contributed by atoms with Gasteiger partial charge in [0.25, 0.3) is 0 Å². The Kier molecular flexibility index (Phi) is 5.67. The van der Waals surface area contributed by atoms with E-state index in [9.17, 15) is 0 Å². The quantitative estimate of drug-likeness (QED) is 0.484. The minimum atomic E-state index is 0.209. The highest BCUT2D eigenvalue weighted by Crippen LogP contribution is 2.36. The fourth-order valence-electron chi connectivity index (χ4n) is 3.15. The summed E-state index contributed by atoms with van der Waals surface area (Å²) >= 11 is 0. The molecule has 1 aromatic carbocycles. The van der Waals surface area contributed by atoms with Gasteiger partial charge in [-0.1, -0.05) is 43.9 Å². The molecule has 1 unspecified atom stereocenters. The van der Waals surface area contributed by atoms with Gasteiger partial charge in [0.1, 0.15) is 5.75 Å². The summed E-state index contributed by atoms with van der Waals surface area (Å²) in [6.45, 7) is 2.71. The van der Waals surface area contributed by atoms with Crippen LogP contribution in [0, 0.1) is 5.92 Å². The second kappa shape index (κ2) is 7.51. The van der Waals surface area contributed by atoms with Crippen LogP contribution in [0.3, 0.4) is 0 Å². The summed E-state index contributed by atoms with van der Waals surface area (Å²) in [5.41, 5.74) is 4.24. The third-order valence-electron chi connectivity index (χ3n) is 4.10. The summed E-state index contributed by atoms with van der Waals surface area (Å²) in [5.74, 6) is 7.44. The molecule has 0 heterocycles. The summed E-state index contributed by atoms with van der Waals surface area (Å²) in [4.78, 5) is 0. The lowest BCUT2D eigenvalue weighted by Crippen LogP contribution is -2.33. The average molecular weight is 262 g/mol. The number of rotatable bonds is 5. The zero-order chi connectivity index (χ0) is 13.5. The van der Waals surface area contributed by atoms with E-state index in [1.54, 1.807) is 0 Å². The fraction of sp³-hybridized carbons (Fsp3) is 0.625. The maximum atomic E-state index is 5.85. The van der Waals surface area contributed by atoms with E-state index >= 15 is 0 Å². The van der Waals surface area contributed by atoms with Crippen molar-refractivity contribution in [3.8, 4) is 5.75 Å². The van der Waals surface area contributed by atoms with Gasteiger partial charge in [0.2, 0.25) is 0 Å². The van der Waals surface area contributed by atoms with Gasteiger partial charge >= 0.3 is 0 Å². The number of hydrogen-bond acceptors (Lipinski definition) is 3. The van der Waals surface area contributed by atoms with Crippen molar-refractivity contribution in [2.24, 2.45) is 11.8 Å². The molecule has 0 amide bonds. The van der Waals surface area contributed by atoms with Crippen molar-refractivity contribution in [3.05, 3.63) is 29.8 Å². The van der Waals surface area contributed by atoms with Crippen LogP contribution in [0.25, 0.3) is 0 Å². The third kappa shape index (κ3) is 3.71. The Morgan fingerprint density at radius 2 is 1.89 bits per heavy atom. The maximum Gasteiger partial charge on any atom is 0.124 e. The van der Waals surface area contributed by atoms with Gasteiger partial charge in [-0.25, -0.2) is 0 Å². The highest BCUT2D eigenvalue weighted by molar-refractivity contribution is 5.36. The van der Waals surface area contributed by atoms with Gasteiger partial charge in [0.15, 0.2) is 0 Å². The maximum absolute atomic E-state index is 5.85. The first kappa shape index (κ1) is 14.4. The minimum Gasteiger partial charge on any atom is -0.494 e. The molecular formula is C16H26N2O. The van der Waals surface area contributed by atoms with Crippen molar-refractivity contribution in [3.63, 3.8) is 0 Å². The molecule has 1 aromatic rings. The van der Waals surface area contributed by atoms with Crippen molar-refractivity contribution in [1.29, 1.82) is 0 Å². The number of ether oxygens (including phenoxy) is 1. The second-order valence-corrected chi connectivity index (χ2v) is 5.37. The van der Waals surface area contributed by atoms with Crippen LogP contribution in [0.1, 0.15) is 57.1 Å². The van der Waals surface area contributed by atoms with Crippen LogP contribution >= 0.6 is 0 Å². The number of nitrogens with one attached hydrogen (secondary N) is 1. The van der Waals surface area contributed by atoms with Gasteiger partial charge in [-0.2, -0.15) is 0 Å². The average Bonchev–Trinajstić information content (AvgIpc) is 2.71. The van der Waals surface area contributed by atoms with Crippen molar-refractivity contribution in [2.75, 3.05) is 6.61 Å². The van der Waals surface area contributed by atoms with Gasteiger partial charge in [-0.05, 0) is 31.7 Å². The Morgan fingerprint density at radius 1 is 1.21 bits per heavy atom. The standard InChI is InChI=1S/C16H26N2O/c1-2-19-15-12-8-7-11-14(15)16(18-17)13-9-5-3-4-6-10-13/h7-8,11-13,16,18H,2-6,9-10,17H2,1H3. The number of nitrogens with two attached hydrogens (primary N) is 1. The lowest BCUT2D eigenvalue weighted by Gasteiger charge is -2.27. The topological polar surface area (TPSA) is 47.3 Å². The molecule has 19 heavy (non-hydrogen) atoms. The summed E-state index contributed by atoms with van der Waals surface area (Å²) < 4.78 is 5.75. The van der Waals surface area contributed by atoms with E-state index in [-0.39, 0.29) is 6.04 Å². The number of hydrogen-bond donors (Lipinski definition) is 2.